The van der Waals surface area contributed by atoms with Gasteiger partial charge in [0, 0.05) is 29.8 Å². The molecular weight excluding hydrogens is 372 g/mol. The lowest BCUT2D eigenvalue weighted by Gasteiger charge is -2.07. The van der Waals surface area contributed by atoms with E-state index in [1.54, 1.807) is 24.8 Å². The highest BCUT2D eigenvalue weighted by Crippen LogP contribution is 2.25. The van der Waals surface area contributed by atoms with Crippen molar-refractivity contribution in [3.8, 4) is 11.3 Å². The van der Waals surface area contributed by atoms with Crippen molar-refractivity contribution in [1.82, 2.24) is 19.4 Å². The lowest BCUT2D eigenvalue weighted by Crippen LogP contribution is -2.05. The number of fused-ring (bicyclic) bond motifs is 1. The molecule has 0 saturated heterocycles. The van der Waals surface area contributed by atoms with Crippen molar-refractivity contribution in [1.29, 1.82) is 0 Å². The van der Waals surface area contributed by atoms with E-state index < -0.39 is 0 Å². The summed E-state index contributed by atoms with van der Waals surface area (Å²) in [6.07, 6.45) is 8.82. The standard InChI is InChI=1S/C20H18N6OS/c1-13-3-5-17(6-4-13)28-25-16-7-15(8-21-9-16)18-11-26-12-19(23-14(2)27)24-20(26)10-22-18/h3-12,25H,1-2H3,(H,23,27). The van der Waals surface area contributed by atoms with Gasteiger partial charge in [0.15, 0.2) is 11.5 Å². The number of hydrogen-bond acceptors (Lipinski definition) is 6. The molecule has 0 fully saturated rings. The summed E-state index contributed by atoms with van der Waals surface area (Å²) < 4.78 is 5.14. The van der Waals surface area contributed by atoms with E-state index in [-0.39, 0.29) is 5.91 Å². The average Bonchev–Trinajstić information content (AvgIpc) is 3.08. The normalized spacial score (nSPS) is 10.8. The lowest BCUT2D eigenvalue weighted by molar-refractivity contribution is -0.114. The number of nitrogens with zero attached hydrogens (tertiary/aromatic N) is 4. The Morgan fingerprint density at radius 1 is 1.11 bits per heavy atom. The van der Waals surface area contributed by atoms with Gasteiger partial charge in [0.1, 0.15) is 0 Å². The maximum atomic E-state index is 11.2. The maximum Gasteiger partial charge on any atom is 0.222 e. The molecule has 0 aliphatic heterocycles. The van der Waals surface area contributed by atoms with Gasteiger partial charge in [-0.2, -0.15) is 0 Å². The Balaban J connectivity index is 1.54. The molecule has 0 radical (unpaired) electrons. The zero-order valence-electron chi connectivity index (χ0n) is 15.4. The Kier molecular flexibility index (Phi) is 4.94. The second-order valence-electron chi connectivity index (χ2n) is 6.32. The molecule has 1 aromatic carbocycles. The first kappa shape index (κ1) is 18.0. The van der Waals surface area contributed by atoms with Gasteiger partial charge in [-0.25, -0.2) is 4.98 Å². The molecular formula is C20H18N6OS. The summed E-state index contributed by atoms with van der Waals surface area (Å²) in [5.74, 6) is 0.333. The molecule has 4 rings (SSSR count). The lowest BCUT2D eigenvalue weighted by atomic mass is 10.2. The van der Waals surface area contributed by atoms with Crippen LogP contribution < -0.4 is 10.0 Å². The van der Waals surface area contributed by atoms with Crippen LogP contribution in [0.3, 0.4) is 0 Å². The SMILES string of the molecule is CC(=O)Nc1cn2cc(-c3cncc(NSc4ccc(C)cc4)c3)ncc2n1. The molecule has 28 heavy (non-hydrogen) atoms. The fourth-order valence-corrected chi connectivity index (χ4v) is 3.27. The Hall–Kier alpha value is -3.39. The molecule has 0 bridgehead atoms. The van der Waals surface area contributed by atoms with Gasteiger partial charge in [-0.3, -0.25) is 14.8 Å². The second-order valence-corrected chi connectivity index (χ2v) is 7.20. The number of imidazole rings is 1. The number of aryl methyl sites for hydroxylation is 1. The number of aromatic nitrogens is 4. The summed E-state index contributed by atoms with van der Waals surface area (Å²) in [4.78, 5) is 25.4. The van der Waals surface area contributed by atoms with Crippen LogP contribution in [0.15, 0.2) is 66.2 Å². The molecule has 4 aromatic rings. The molecule has 0 spiro atoms. The molecule has 1 amide bonds. The summed E-state index contributed by atoms with van der Waals surface area (Å²) in [6.45, 7) is 3.52. The highest BCUT2D eigenvalue weighted by Gasteiger charge is 2.07. The van der Waals surface area contributed by atoms with Crippen molar-refractivity contribution < 1.29 is 4.79 Å². The van der Waals surface area contributed by atoms with E-state index in [0.717, 1.165) is 21.8 Å². The van der Waals surface area contributed by atoms with Gasteiger partial charge in [0.2, 0.25) is 5.91 Å². The van der Waals surface area contributed by atoms with E-state index in [0.29, 0.717) is 11.5 Å². The van der Waals surface area contributed by atoms with E-state index >= 15 is 0 Å². The second kappa shape index (κ2) is 7.69. The first-order chi connectivity index (χ1) is 13.6. The van der Waals surface area contributed by atoms with Crippen molar-refractivity contribution in [2.24, 2.45) is 0 Å². The van der Waals surface area contributed by atoms with Crippen LogP contribution in [0.25, 0.3) is 16.9 Å². The first-order valence-electron chi connectivity index (χ1n) is 8.64. The zero-order valence-corrected chi connectivity index (χ0v) is 16.2. The van der Waals surface area contributed by atoms with Crippen LogP contribution in [0.5, 0.6) is 0 Å². The monoisotopic (exact) mass is 390 g/mol. The van der Waals surface area contributed by atoms with E-state index in [2.05, 4.69) is 56.2 Å². The largest absolute Gasteiger partial charge is 0.324 e. The highest BCUT2D eigenvalue weighted by molar-refractivity contribution is 8.00. The molecule has 0 atom stereocenters. The highest BCUT2D eigenvalue weighted by atomic mass is 32.2. The number of rotatable bonds is 5. The van der Waals surface area contributed by atoms with E-state index in [9.17, 15) is 4.79 Å². The minimum absolute atomic E-state index is 0.161. The number of benzene rings is 1. The number of amides is 1. The fraction of sp³-hybridized carbons (Fsp3) is 0.100. The Bertz CT molecular complexity index is 1140. The molecule has 7 nitrogen and oxygen atoms in total. The van der Waals surface area contributed by atoms with Crippen LogP contribution >= 0.6 is 11.9 Å². The summed E-state index contributed by atoms with van der Waals surface area (Å²) >= 11 is 1.53. The van der Waals surface area contributed by atoms with Gasteiger partial charge in [-0.05, 0) is 37.1 Å². The van der Waals surface area contributed by atoms with Gasteiger partial charge in [0.25, 0.3) is 0 Å². The summed E-state index contributed by atoms with van der Waals surface area (Å²) in [6, 6.07) is 10.3. The molecule has 3 aromatic heterocycles. The van der Waals surface area contributed by atoms with Crippen LogP contribution in [0.2, 0.25) is 0 Å². The molecule has 0 aliphatic carbocycles. The van der Waals surface area contributed by atoms with E-state index in [1.165, 1.54) is 24.4 Å². The van der Waals surface area contributed by atoms with E-state index in [4.69, 9.17) is 0 Å². The third-order valence-corrected chi connectivity index (χ3v) is 4.83. The minimum atomic E-state index is -0.161. The summed E-state index contributed by atoms with van der Waals surface area (Å²) in [5, 5.41) is 2.67. The van der Waals surface area contributed by atoms with Crippen molar-refractivity contribution in [3.05, 3.63) is 66.9 Å². The topological polar surface area (TPSA) is 84.2 Å². The van der Waals surface area contributed by atoms with Crippen molar-refractivity contribution in [3.63, 3.8) is 0 Å². The maximum absolute atomic E-state index is 11.2. The number of anilines is 2. The van der Waals surface area contributed by atoms with Crippen LogP contribution in [-0.2, 0) is 4.79 Å². The molecule has 0 unspecified atom stereocenters. The van der Waals surface area contributed by atoms with Gasteiger partial charge >= 0.3 is 0 Å². The quantitative estimate of drug-likeness (QED) is 0.498. The average molecular weight is 390 g/mol. The number of pyridine rings is 1. The van der Waals surface area contributed by atoms with Gasteiger partial charge in [-0.15, -0.1) is 0 Å². The fourth-order valence-electron chi connectivity index (χ4n) is 2.65. The molecule has 3 heterocycles. The van der Waals surface area contributed by atoms with Crippen LogP contribution in [-0.4, -0.2) is 25.3 Å². The first-order valence-corrected chi connectivity index (χ1v) is 9.46. The minimum Gasteiger partial charge on any atom is -0.324 e. The Morgan fingerprint density at radius 3 is 2.71 bits per heavy atom. The molecule has 8 heteroatoms. The number of hydrogen-bond donors (Lipinski definition) is 2. The summed E-state index contributed by atoms with van der Waals surface area (Å²) in [5.41, 5.74) is 4.41. The van der Waals surface area contributed by atoms with Crippen molar-refractivity contribution in [2.75, 3.05) is 10.0 Å². The van der Waals surface area contributed by atoms with Crippen molar-refractivity contribution >= 4 is 35.0 Å². The number of carbonyl (C=O) groups excluding carboxylic acids is 1. The zero-order chi connectivity index (χ0) is 19.5. The Morgan fingerprint density at radius 2 is 1.93 bits per heavy atom. The molecule has 0 aliphatic rings. The van der Waals surface area contributed by atoms with Gasteiger partial charge < -0.3 is 14.4 Å². The van der Waals surface area contributed by atoms with Crippen LogP contribution in [0.4, 0.5) is 11.5 Å². The predicted molar refractivity (Wildman–Crippen MR) is 111 cm³/mol. The molecule has 2 N–H and O–H groups in total. The number of nitrogens with one attached hydrogen (secondary N) is 2. The number of carbonyl (C=O) groups is 1. The van der Waals surface area contributed by atoms with Crippen LogP contribution in [0.1, 0.15) is 12.5 Å². The van der Waals surface area contributed by atoms with E-state index in [1.807, 2.05) is 16.7 Å². The van der Waals surface area contributed by atoms with Crippen molar-refractivity contribution in [2.45, 2.75) is 18.7 Å². The van der Waals surface area contributed by atoms with Crippen LogP contribution in [0, 0.1) is 6.92 Å². The molecule has 140 valence electrons. The van der Waals surface area contributed by atoms with Gasteiger partial charge in [0.05, 0.1) is 30.0 Å². The third-order valence-electron chi connectivity index (χ3n) is 3.99. The smallest absolute Gasteiger partial charge is 0.222 e. The predicted octanol–water partition coefficient (Wildman–Crippen LogP) is 4.18. The van der Waals surface area contributed by atoms with Gasteiger partial charge in [-0.1, -0.05) is 17.7 Å². The third kappa shape index (κ3) is 4.12. The Labute approximate surface area is 166 Å². The summed E-state index contributed by atoms with van der Waals surface area (Å²) in [7, 11) is 0. The molecule has 0 saturated carbocycles.